The van der Waals surface area contributed by atoms with Gasteiger partial charge in [0.1, 0.15) is 10.7 Å². The van der Waals surface area contributed by atoms with E-state index in [2.05, 4.69) is 6.92 Å². The number of carbonyl (C=O) groups excluding carboxylic acids is 1. The van der Waals surface area contributed by atoms with Crippen molar-refractivity contribution < 1.29 is 4.79 Å². The van der Waals surface area contributed by atoms with E-state index in [1.165, 1.54) is 4.88 Å². The molecule has 3 heterocycles. The first kappa shape index (κ1) is 17.8. The van der Waals surface area contributed by atoms with Gasteiger partial charge in [0.2, 0.25) is 5.91 Å². The SMILES string of the molecule is CCc1sc2nc(C(C)C)n(CCC(N)=O)c(=O)c2c1-c1cccs1. The minimum Gasteiger partial charge on any atom is -0.370 e. The summed E-state index contributed by atoms with van der Waals surface area (Å²) in [6.07, 6.45) is 0.984. The van der Waals surface area contributed by atoms with Gasteiger partial charge in [0, 0.05) is 34.2 Å². The van der Waals surface area contributed by atoms with Crippen molar-refractivity contribution in [3.8, 4) is 10.4 Å². The Hall–Kier alpha value is -1.99. The van der Waals surface area contributed by atoms with Crippen LogP contribution in [0.2, 0.25) is 0 Å². The quantitative estimate of drug-likeness (QED) is 0.713. The molecule has 132 valence electrons. The van der Waals surface area contributed by atoms with Gasteiger partial charge in [-0.3, -0.25) is 14.2 Å². The molecule has 2 N–H and O–H groups in total. The van der Waals surface area contributed by atoms with Crippen molar-refractivity contribution in [2.75, 3.05) is 0 Å². The first-order chi connectivity index (χ1) is 11.9. The van der Waals surface area contributed by atoms with Gasteiger partial charge in [0.25, 0.3) is 5.56 Å². The second-order valence-electron chi connectivity index (χ2n) is 6.21. The lowest BCUT2D eigenvalue weighted by atomic mass is 10.1. The molecule has 5 nitrogen and oxygen atoms in total. The van der Waals surface area contributed by atoms with Crippen LogP contribution in [0.1, 0.15) is 43.8 Å². The predicted octanol–water partition coefficient (Wildman–Crippen LogP) is 3.75. The molecule has 0 radical (unpaired) electrons. The van der Waals surface area contributed by atoms with Crippen LogP contribution in [-0.4, -0.2) is 15.5 Å². The van der Waals surface area contributed by atoms with Crippen molar-refractivity contribution in [3.63, 3.8) is 0 Å². The van der Waals surface area contributed by atoms with Gasteiger partial charge in [-0.05, 0) is 17.9 Å². The van der Waals surface area contributed by atoms with E-state index in [0.717, 1.165) is 21.7 Å². The fourth-order valence-electron chi connectivity index (χ4n) is 2.95. The number of fused-ring (bicyclic) bond motifs is 1. The first-order valence-electron chi connectivity index (χ1n) is 8.32. The minimum absolute atomic E-state index is 0.0747. The Bertz CT molecular complexity index is 969. The van der Waals surface area contributed by atoms with E-state index in [1.807, 2.05) is 31.4 Å². The number of aromatic nitrogens is 2. The summed E-state index contributed by atoms with van der Waals surface area (Å²) in [6, 6.07) is 4.03. The summed E-state index contributed by atoms with van der Waals surface area (Å²) in [5.74, 6) is 0.377. The van der Waals surface area contributed by atoms with Crippen molar-refractivity contribution in [2.45, 2.75) is 46.1 Å². The Morgan fingerprint density at radius 2 is 2.16 bits per heavy atom. The molecule has 0 fully saturated rings. The van der Waals surface area contributed by atoms with Crippen LogP contribution < -0.4 is 11.3 Å². The fourth-order valence-corrected chi connectivity index (χ4v) is 4.95. The minimum atomic E-state index is -0.417. The lowest BCUT2D eigenvalue weighted by molar-refractivity contribution is -0.118. The zero-order valence-electron chi connectivity index (χ0n) is 14.5. The van der Waals surface area contributed by atoms with Crippen molar-refractivity contribution in [2.24, 2.45) is 5.73 Å². The van der Waals surface area contributed by atoms with Crippen molar-refractivity contribution in [1.29, 1.82) is 0 Å². The Morgan fingerprint density at radius 1 is 1.40 bits per heavy atom. The number of hydrogen-bond donors (Lipinski definition) is 1. The van der Waals surface area contributed by atoms with Gasteiger partial charge in [-0.25, -0.2) is 4.98 Å². The Balaban J connectivity index is 2.33. The molecule has 0 spiro atoms. The summed E-state index contributed by atoms with van der Waals surface area (Å²) in [5.41, 5.74) is 6.21. The average Bonchev–Trinajstić information content (AvgIpc) is 3.19. The molecule has 3 aromatic heterocycles. The van der Waals surface area contributed by atoms with E-state index in [9.17, 15) is 9.59 Å². The van der Waals surface area contributed by atoms with Crippen LogP contribution in [0.4, 0.5) is 0 Å². The standard InChI is InChI=1S/C18H21N3O2S2/c1-4-11-14(12-6-5-9-24-12)15-17(25-11)20-16(10(2)3)21(18(15)23)8-7-13(19)22/h5-6,9-10H,4,7-8H2,1-3H3,(H2,19,22). The lowest BCUT2D eigenvalue weighted by Crippen LogP contribution is -2.28. The fraction of sp³-hybridized carbons (Fsp3) is 0.389. The monoisotopic (exact) mass is 375 g/mol. The predicted molar refractivity (Wildman–Crippen MR) is 104 cm³/mol. The van der Waals surface area contributed by atoms with E-state index in [-0.39, 0.29) is 24.4 Å². The summed E-state index contributed by atoms with van der Waals surface area (Å²) in [4.78, 5) is 32.3. The summed E-state index contributed by atoms with van der Waals surface area (Å²) in [5, 5.41) is 2.68. The molecule has 0 saturated heterocycles. The zero-order valence-corrected chi connectivity index (χ0v) is 16.2. The van der Waals surface area contributed by atoms with Gasteiger partial charge >= 0.3 is 0 Å². The normalized spacial score (nSPS) is 11.5. The number of nitrogens with zero attached hydrogens (tertiary/aromatic N) is 2. The number of amides is 1. The van der Waals surface area contributed by atoms with Gasteiger partial charge in [-0.15, -0.1) is 22.7 Å². The highest BCUT2D eigenvalue weighted by Gasteiger charge is 2.22. The second-order valence-corrected chi connectivity index (χ2v) is 8.24. The van der Waals surface area contributed by atoms with Crippen LogP contribution in [0.3, 0.4) is 0 Å². The van der Waals surface area contributed by atoms with Crippen molar-refractivity contribution in [1.82, 2.24) is 9.55 Å². The van der Waals surface area contributed by atoms with Gasteiger partial charge < -0.3 is 5.73 Å². The third kappa shape index (κ3) is 3.26. The maximum Gasteiger partial charge on any atom is 0.262 e. The molecule has 0 unspecified atom stereocenters. The second kappa shape index (κ2) is 7.09. The Labute approximate surface area is 154 Å². The van der Waals surface area contributed by atoms with E-state index < -0.39 is 5.91 Å². The summed E-state index contributed by atoms with van der Waals surface area (Å²) < 4.78 is 1.63. The molecule has 7 heteroatoms. The highest BCUT2D eigenvalue weighted by Crippen LogP contribution is 2.39. The summed E-state index contributed by atoms with van der Waals surface area (Å²) in [6.45, 7) is 6.37. The number of primary amides is 1. The average molecular weight is 376 g/mol. The molecular formula is C18H21N3O2S2. The molecule has 0 atom stereocenters. The smallest absolute Gasteiger partial charge is 0.262 e. The number of nitrogens with two attached hydrogens (primary N) is 1. The van der Waals surface area contributed by atoms with Crippen LogP contribution in [0.25, 0.3) is 20.7 Å². The summed E-state index contributed by atoms with van der Waals surface area (Å²) >= 11 is 3.22. The van der Waals surface area contributed by atoms with E-state index in [0.29, 0.717) is 11.2 Å². The molecule has 0 aliphatic heterocycles. The molecule has 0 aliphatic carbocycles. The van der Waals surface area contributed by atoms with Gasteiger partial charge in [0.05, 0.1) is 5.39 Å². The third-order valence-corrected chi connectivity index (χ3v) is 6.22. The van der Waals surface area contributed by atoms with Crippen LogP contribution >= 0.6 is 22.7 Å². The Morgan fingerprint density at radius 3 is 2.72 bits per heavy atom. The van der Waals surface area contributed by atoms with Crippen LogP contribution in [-0.2, 0) is 17.8 Å². The molecule has 0 aliphatic rings. The molecule has 1 amide bonds. The molecule has 25 heavy (non-hydrogen) atoms. The third-order valence-electron chi connectivity index (χ3n) is 4.10. The largest absolute Gasteiger partial charge is 0.370 e. The van der Waals surface area contributed by atoms with Crippen LogP contribution in [0, 0.1) is 0 Å². The van der Waals surface area contributed by atoms with Gasteiger partial charge in [-0.1, -0.05) is 26.8 Å². The first-order valence-corrected chi connectivity index (χ1v) is 10.0. The maximum atomic E-state index is 13.3. The number of carbonyl (C=O) groups is 1. The summed E-state index contributed by atoms with van der Waals surface area (Å²) in [7, 11) is 0. The van der Waals surface area contributed by atoms with E-state index in [1.54, 1.807) is 27.2 Å². The maximum absolute atomic E-state index is 13.3. The molecule has 0 saturated carbocycles. The molecule has 3 rings (SSSR count). The number of thiophene rings is 2. The highest BCUT2D eigenvalue weighted by atomic mass is 32.1. The van der Waals surface area contributed by atoms with Gasteiger partial charge in [0.15, 0.2) is 0 Å². The molecule has 0 bridgehead atoms. The van der Waals surface area contributed by atoms with Crippen LogP contribution in [0.5, 0.6) is 0 Å². The zero-order chi connectivity index (χ0) is 18.1. The van der Waals surface area contributed by atoms with E-state index in [4.69, 9.17) is 10.7 Å². The number of aryl methyl sites for hydroxylation is 1. The van der Waals surface area contributed by atoms with E-state index >= 15 is 0 Å². The Kier molecular flexibility index (Phi) is 5.06. The topological polar surface area (TPSA) is 78.0 Å². The molecule has 0 aromatic carbocycles. The molecule has 3 aromatic rings. The molecular weight excluding hydrogens is 354 g/mol. The van der Waals surface area contributed by atoms with Gasteiger partial charge in [-0.2, -0.15) is 0 Å². The van der Waals surface area contributed by atoms with Crippen molar-refractivity contribution >= 4 is 38.8 Å². The number of rotatable bonds is 6. The lowest BCUT2D eigenvalue weighted by Gasteiger charge is -2.14. The number of hydrogen-bond acceptors (Lipinski definition) is 5. The highest BCUT2D eigenvalue weighted by molar-refractivity contribution is 7.20. The van der Waals surface area contributed by atoms with Crippen LogP contribution in [0.15, 0.2) is 22.3 Å². The van der Waals surface area contributed by atoms with Crippen molar-refractivity contribution in [3.05, 3.63) is 38.6 Å².